The Bertz CT molecular complexity index is 1170. The topological polar surface area (TPSA) is 56.9 Å². The summed E-state index contributed by atoms with van der Waals surface area (Å²) < 4.78 is 1.53. The zero-order chi connectivity index (χ0) is 20.7. The standard InChI is InChI=1S/C22H22ClN5OS/c1-15-24-22-28(25-15)21(29)20(30-22)19(16-6-5-7-17(23)14-16)27-12-10-26(11-13-27)18-8-3-2-4-9-18/h2-9,14,19,29H,10-13H2,1H3/t19-/m1/s1. The molecule has 0 spiro atoms. The van der Waals surface area contributed by atoms with E-state index in [0.29, 0.717) is 15.8 Å². The zero-order valence-electron chi connectivity index (χ0n) is 16.6. The Hall–Kier alpha value is -2.61. The first-order valence-electron chi connectivity index (χ1n) is 9.94. The molecule has 2 aromatic carbocycles. The van der Waals surface area contributed by atoms with Gasteiger partial charge in [-0.05, 0) is 36.8 Å². The molecule has 0 aliphatic carbocycles. The number of benzene rings is 2. The number of hydrogen-bond acceptors (Lipinski definition) is 6. The quantitative estimate of drug-likeness (QED) is 0.511. The summed E-state index contributed by atoms with van der Waals surface area (Å²) in [5, 5.41) is 16.0. The number of anilines is 1. The predicted molar refractivity (Wildman–Crippen MR) is 121 cm³/mol. The highest BCUT2D eigenvalue weighted by atomic mass is 35.5. The van der Waals surface area contributed by atoms with E-state index in [9.17, 15) is 5.11 Å². The van der Waals surface area contributed by atoms with Gasteiger partial charge in [-0.25, -0.2) is 4.98 Å². The van der Waals surface area contributed by atoms with Gasteiger partial charge in [0, 0.05) is 36.9 Å². The van der Waals surface area contributed by atoms with E-state index >= 15 is 0 Å². The Labute approximate surface area is 184 Å². The first-order valence-corrected chi connectivity index (χ1v) is 11.1. The Morgan fingerprint density at radius 3 is 2.50 bits per heavy atom. The second-order valence-corrected chi connectivity index (χ2v) is 8.90. The van der Waals surface area contributed by atoms with Gasteiger partial charge in [0.25, 0.3) is 0 Å². The molecule has 3 heterocycles. The molecule has 1 saturated heterocycles. The number of halogens is 1. The molecule has 8 heteroatoms. The Balaban J connectivity index is 1.49. The molecular weight excluding hydrogens is 418 g/mol. The number of piperazine rings is 1. The van der Waals surface area contributed by atoms with Crippen molar-refractivity contribution in [3.8, 4) is 5.88 Å². The Morgan fingerprint density at radius 1 is 1.03 bits per heavy atom. The molecule has 154 valence electrons. The first-order chi connectivity index (χ1) is 14.6. The number of para-hydroxylation sites is 1. The minimum atomic E-state index is -0.101. The van der Waals surface area contributed by atoms with Crippen molar-refractivity contribution in [2.75, 3.05) is 31.1 Å². The maximum atomic E-state index is 11.0. The zero-order valence-corrected chi connectivity index (χ0v) is 18.1. The lowest BCUT2D eigenvalue weighted by molar-refractivity contribution is 0.211. The van der Waals surface area contributed by atoms with E-state index in [1.54, 1.807) is 0 Å². The van der Waals surface area contributed by atoms with Crippen molar-refractivity contribution < 1.29 is 5.11 Å². The fourth-order valence-corrected chi connectivity index (χ4v) is 5.47. The van der Waals surface area contributed by atoms with E-state index < -0.39 is 0 Å². The number of aromatic hydroxyl groups is 1. The van der Waals surface area contributed by atoms with Gasteiger partial charge in [-0.2, -0.15) is 4.52 Å². The second-order valence-electron chi connectivity index (χ2n) is 7.46. The van der Waals surface area contributed by atoms with Crippen LogP contribution in [0.3, 0.4) is 0 Å². The lowest BCUT2D eigenvalue weighted by atomic mass is 10.0. The number of nitrogens with zero attached hydrogens (tertiary/aromatic N) is 5. The maximum Gasteiger partial charge on any atom is 0.230 e. The number of hydrogen-bond donors (Lipinski definition) is 1. The van der Waals surface area contributed by atoms with Crippen molar-refractivity contribution in [1.29, 1.82) is 0 Å². The fraction of sp³-hybridized carbons (Fsp3) is 0.273. The van der Waals surface area contributed by atoms with Crippen LogP contribution in [0.2, 0.25) is 5.02 Å². The van der Waals surface area contributed by atoms with Gasteiger partial charge >= 0.3 is 0 Å². The molecule has 0 amide bonds. The van der Waals surface area contributed by atoms with E-state index in [1.807, 2.05) is 31.2 Å². The molecule has 0 unspecified atom stereocenters. The first kappa shape index (κ1) is 19.4. The highest BCUT2D eigenvalue weighted by molar-refractivity contribution is 7.17. The summed E-state index contributed by atoms with van der Waals surface area (Å²) in [5.41, 5.74) is 2.31. The largest absolute Gasteiger partial charge is 0.492 e. The lowest BCUT2D eigenvalue weighted by Gasteiger charge is -2.40. The SMILES string of the molecule is Cc1nc2sc([C@@H](c3cccc(Cl)c3)N3CCN(c4ccccc4)CC3)c(O)n2n1. The third kappa shape index (κ3) is 3.53. The summed E-state index contributed by atoms with van der Waals surface area (Å²) in [5.74, 6) is 0.810. The predicted octanol–water partition coefficient (Wildman–Crippen LogP) is 4.37. The maximum absolute atomic E-state index is 11.0. The van der Waals surface area contributed by atoms with Crippen LogP contribution in [0.15, 0.2) is 54.6 Å². The summed E-state index contributed by atoms with van der Waals surface area (Å²) in [7, 11) is 0. The molecule has 0 saturated carbocycles. The van der Waals surface area contributed by atoms with Crippen LogP contribution in [-0.2, 0) is 0 Å². The lowest BCUT2D eigenvalue weighted by Crippen LogP contribution is -2.47. The molecule has 1 aliphatic heterocycles. The summed E-state index contributed by atoms with van der Waals surface area (Å²) in [6.45, 7) is 5.41. The van der Waals surface area contributed by atoms with Crippen molar-refractivity contribution in [2.24, 2.45) is 0 Å². The van der Waals surface area contributed by atoms with Gasteiger partial charge in [0.15, 0.2) is 0 Å². The Morgan fingerprint density at radius 2 is 1.80 bits per heavy atom. The van der Waals surface area contributed by atoms with Crippen molar-refractivity contribution in [1.82, 2.24) is 19.5 Å². The van der Waals surface area contributed by atoms with Crippen molar-refractivity contribution in [3.05, 3.63) is 75.9 Å². The van der Waals surface area contributed by atoms with E-state index in [0.717, 1.165) is 36.6 Å². The van der Waals surface area contributed by atoms with Gasteiger partial charge in [-0.15, -0.1) is 5.10 Å². The normalized spacial score (nSPS) is 16.3. The molecule has 6 nitrogen and oxygen atoms in total. The number of fused-ring (bicyclic) bond motifs is 1. The number of aryl methyl sites for hydroxylation is 1. The van der Waals surface area contributed by atoms with Gasteiger partial charge in [0.05, 0.1) is 10.9 Å². The van der Waals surface area contributed by atoms with Crippen LogP contribution in [0.5, 0.6) is 5.88 Å². The number of thiazole rings is 1. The fourth-order valence-electron chi connectivity index (χ4n) is 4.11. The van der Waals surface area contributed by atoms with Gasteiger partial charge in [0.2, 0.25) is 10.8 Å². The number of rotatable bonds is 4. The van der Waals surface area contributed by atoms with Gasteiger partial charge in [-0.3, -0.25) is 4.90 Å². The third-order valence-electron chi connectivity index (χ3n) is 5.52. The van der Waals surface area contributed by atoms with Crippen LogP contribution in [0, 0.1) is 6.92 Å². The molecular formula is C22H22ClN5OS. The summed E-state index contributed by atoms with van der Waals surface area (Å²) in [6, 6.07) is 18.3. The molecule has 0 bridgehead atoms. The monoisotopic (exact) mass is 439 g/mol. The molecule has 2 aromatic heterocycles. The molecule has 1 aliphatic rings. The van der Waals surface area contributed by atoms with E-state index in [-0.39, 0.29) is 11.9 Å². The van der Waals surface area contributed by atoms with Crippen molar-refractivity contribution in [3.63, 3.8) is 0 Å². The number of aromatic nitrogens is 3. The molecule has 1 atom stereocenters. The Kier molecular flexibility index (Phi) is 5.10. The van der Waals surface area contributed by atoms with Crippen LogP contribution < -0.4 is 4.90 Å². The highest BCUT2D eigenvalue weighted by Crippen LogP contribution is 2.40. The van der Waals surface area contributed by atoms with Crippen LogP contribution in [-0.4, -0.2) is 50.8 Å². The van der Waals surface area contributed by atoms with Gasteiger partial charge < -0.3 is 10.0 Å². The third-order valence-corrected chi connectivity index (χ3v) is 6.83. The molecule has 1 fully saturated rings. The van der Waals surface area contributed by atoms with E-state index in [2.05, 4.69) is 50.2 Å². The van der Waals surface area contributed by atoms with Crippen LogP contribution >= 0.6 is 22.9 Å². The molecule has 30 heavy (non-hydrogen) atoms. The van der Waals surface area contributed by atoms with Crippen LogP contribution in [0.1, 0.15) is 22.3 Å². The average Bonchev–Trinajstić information content (AvgIpc) is 3.27. The van der Waals surface area contributed by atoms with Crippen LogP contribution in [0.4, 0.5) is 5.69 Å². The van der Waals surface area contributed by atoms with E-state index in [1.165, 1.54) is 21.5 Å². The van der Waals surface area contributed by atoms with Crippen LogP contribution in [0.25, 0.3) is 4.96 Å². The second kappa shape index (κ2) is 7.91. The minimum absolute atomic E-state index is 0.101. The van der Waals surface area contributed by atoms with E-state index in [4.69, 9.17) is 11.6 Å². The summed E-state index contributed by atoms with van der Waals surface area (Å²) in [6.07, 6.45) is 0. The highest BCUT2D eigenvalue weighted by Gasteiger charge is 2.31. The molecule has 1 N–H and O–H groups in total. The van der Waals surface area contributed by atoms with Crippen molar-refractivity contribution in [2.45, 2.75) is 13.0 Å². The molecule has 4 aromatic rings. The average molecular weight is 440 g/mol. The molecule has 0 radical (unpaired) electrons. The summed E-state index contributed by atoms with van der Waals surface area (Å²) >= 11 is 7.81. The van der Waals surface area contributed by atoms with Gasteiger partial charge in [0.1, 0.15) is 5.82 Å². The van der Waals surface area contributed by atoms with Gasteiger partial charge in [-0.1, -0.05) is 53.3 Å². The molecule has 5 rings (SSSR count). The minimum Gasteiger partial charge on any atom is -0.492 e. The summed E-state index contributed by atoms with van der Waals surface area (Å²) in [4.78, 5) is 10.8. The van der Waals surface area contributed by atoms with Crippen molar-refractivity contribution >= 4 is 33.6 Å². The smallest absolute Gasteiger partial charge is 0.230 e.